The Morgan fingerprint density at radius 3 is 2.10 bits per heavy atom. The van der Waals surface area contributed by atoms with Gasteiger partial charge in [0.1, 0.15) is 5.60 Å². The first-order valence-corrected chi connectivity index (χ1v) is 12.0. The fourth-order valence-corrected chi connectivity index (χ4v) is 4.02. The summed E-state index contributed by atoms with van der Waals surface area (Å²) in [6.45, 7) is 11.9. The summed E-state index contributed by atoms with van der Waals surface area (Å²) in [6, 6.07) is 0. The second-order valence-electron chi connectivity index (χ2n) is 9.66. The van der Waals surface area contributed by atoms with Gasteiger partial charge in [0.15, 0.2) is 0 Å². The molecule has 2 atom stereocenters. The Morgan fingerprint density at radius 2 is 1.48 bits per heavy atom. The number of amides is 2. The average Bonchev–Trinajstić information content (AvgIpc) is 3.07. The van der Waals surface area contributed by atoms with Crippen molar-refractivity contribution in [2.75, 3.05) is 19.6 Å². The molecule has 0 saturated carbocycles. The molecule has 0 spiro atoms. The normalized spacial score (nSPS) is 19.4. The van der Waals surface area contributed by atoms with Crippen LogP contribution in [0, 0.1) is 11.8 Å². The Morgan fingerprint density at radius 1 is 0.897 bits per heavy atom. The maximum Gasteiger partial charge on any atom is 0.410 e. The van der Waals surface area contributed by atoms with E-state index < -0.39 is 5.60 Å². The van der Waals surface area contributed by atoms with E-state index in [0.29, 0.717) is 13.1 Å². The molecule has 1 saturated heterocycles. The summed E-state index contributed by atoms with van der Waals surface area (Å²) < 4.78 is 5.55. The minimum absolute atomic E-state index is 0.107. The molecule has 5 nitrogen and oxygen atoms in total. The molecule has 0 radical (unpaired) electrons. The van der Waals surface area contributed by atoms with Crippen molar-refractivity contribution in [3.05, 3.63) is 0 Å². The van der Waals surface area contributed by atoms with E-state index in [1.165, 1.54) is 44.9 Å². The lowest BCUT2D eigenvalue weighted by Crippen LogP contribution is -2.38. The Balaban J connectivity index is 2.56. The van der Waals surface area contributed by atoms with Gasteiger partial charge in [-0.25, -0.2) is 4.79 Å². The zero-order valence-electron chi connectivity index (χ0n) is 19.7. The maximum atomic E-state index is 12.8. The number of carbonyl (C=O) groups is 2. The van der Waals surface area contributed by atoms with Gasteiger partial charge < -0.3 is 15.0 Å². The van der Waals surface area contributed by atoms with E-state index in [-0.39, 0.29) is 23.8 Å². The van der Waals surface area contributed by atoms with E-state index in [1.807, 2.05) is 20.8 Å². The summed E-state index contributed by atoms with van der Waals surface area (Å²) in [6.07, 6.45) is 12.8. The van der Waals surface area contributed by atoms with Crippen molar-refractivity contribution in [2.45, 2.75) is 111 Å². The molecule has 0 aliphatic carbocycles. The zero-order valence-corrected chi connectivity index (χ0v) is 19.7. The molecule has 1 aliphatic heterocycles. The molecule has 0 aromatic heterocycles. The average molecular weight is 411 g/mol. The van der Waals surface area contributed by atoms with Gasteiger partial charge in [-0.3, -0.25) is 4.79 Å². The second-order valence-corrected chi connectivity index (χ2v) is 9.66. The number of ether oxygens (including phenoxy) is 1. The highest BCUT2D eigenvalue weighted by molar-refractivity contribution is 5.81. The van der Waals surface area contributed by atoms with E-state index in [1.54, 1.807) is 4.90 Å². The Bertz CT molecular complexity index is 473. The smallest absolute Gasteiger partial charge is 0.410 e. The predicted molar refractivity (Wildman–Crippen MR) is 120 cm³/mol. The lowest BCUT2D eigenvalue weighted by Gasteiger charge is -2.24. The molecule has 0 unspecified atom stereocenters. The van der Waals surface area contributed by atoms with Gasteiger partial charge in [-0.2, -0.15) is 0 Å². The van der Waals surface area contributed by atoms with Gasteiger partial charge in [-0.1, -0.05) is 71.6 Å². The van der Waals surface area contributed by atoms with Crippen LogP contribution in [0.15, 0.2) is 0 Å². The maximum absolute atomic E-state index is 12.8. The first-order chi connectivity index (χ1) is 13.8. The molecule has 29 heavy (non-hydrogen) atoms. The second kappa shape index (κ2) is 13.9. The van der Waals surface area contributed by atoms with Gasteiger partial charge >= 0.3 is 6.09 Å². The molecule has 1 rings (SSSR count). The highest BCUT2D eigenvalue weighted by atomic mass is 16.6. The van der Waals surface area contributed by atoms with Crippen LogP contribution in [-0.4, -0.2) is 42.1 Å². The summed E-state index contributed by atoms with van der Waals surface area (Å²) in [7, 11) is 0. The summed E-state index contributed by atoms with van der Waals surface area (Å²) >= 11 is 0. The van der Waals surface area contributed by atoms with Crippen LogP contribution in [0.2, 0.25) is 0 Å². The van der Waals surface area contributed by atoms with Gasteiger partial charge in [-0.05, 0) is 39.5 Å². The third kappa shape index (κ3) is 10.9. The van der Waals surface area contributed by atoms with Crippen LogP contribution >= 0.6 is 0 Å². The Hall–Kier alpha value is -1.26. The highest BCUT2D eigenvalue weighted by Gasteiger charge is 2.40. The molecule has 1 aliphatic rings. The van der Waals surface area contributed by atoms with E-state index in [9.17, 15) is 9.59 Å². The van der Waals surface area contributed by atoms with Crippen LogP contribution < -0.4 is 5.32 Å². The lowest BCUT2D eigenvalue weighted by atomic mass is 9.90. The number of unbranched alkanes of at least 4 members (excludes halogenated alkanes) is 8. The molecule has 1 N–H and O–H groups in total. The quantitative estimate of drug-likeness (QED) is 0.384. The molecule has 2 amide bonds. The number of rotatable bonds is 13. The molecule has 0 aromatic carbocycles. The van der Waals surface area contributed by atoms with Gasteiger partial charge in [0, 0.05) is 19.6 Å². The van der Waals surface area contributed by atoms with Gasteiger partial charge in [0.25, 0.3) is 0 Å². The number of carbonyl (C=O) groups excluding carboxylic acids is 2. The Kier molecular flexibility index (Phi) is 12.3. The van der Waals surface area contributed by atoms with E-state index >= 15 is 0 Å². The van der Waals surface area contributed by atoms with Crippen LogP contribution in [-0.2, 0) is 9.53 Å². The molecule has 0 aromatic rings. The predicted octanol–water partition coefficient (Wildman–Crippen LogP) is 5.92. The van der Waals surface area contributed by atoms with Crippen molar-refractivity contribution in [1.82, 2.24) is 10.2 Å². The Labute approximate surface area is 179 Å². The first-order valence-electron chi connectivity index (χ1n) is 12.0. The highest BCUT2D eigenvalue weighted by Crippen LogP contribution is 2.30. The molecular weight excluding hydrogens is 364 g/mol. The minimum Gasteiger partial charge on any atom is -0.444 e. The number of likely N-dealkylation sites (tertiary alicyclic amines) is 1. The van der Waals surface area contributed by atoms with Crippen LogP contribution in [0.3, 0.4) is 0 Å². The van der Waals surface area contributed by atoms with Gasteiger partial charge in [0.05, 0.1) is 5.92 Å². The molecule has 5 heteroatoms. The van der Waals surface area contributed by atoms with Crippen molar-refractivity contribution in [3.8, 4) is 0 Å². The van der Waals surface area contributed by atoms with Crippen molar-refractivity contribution in [3.63, 3.8) is 0 Å². The third-order valence-corrected chi connectivity index (χ3v) is 5.69. The largest absolute Gasteiger partial charge is 0.444 e. The topological polar surface area (TPSA) is 58.6 Å². The number of nitrogens with one attached hydrogen (secondary N) is 1. The molecular formula is C24H46N2O3. The molecule has 0 bridgehead atoms. The lowest BCUT2D eigenvalue weighted by molar-refractivity contribution is -0.125. The summed E-state index contributed by atoms with van der Waals surface area (Å²) in [5.74, 6) is 0.247. The zero-order chi connectivity index (χ0) is 21.7. The molecule has 1 fully saturated rings. The van der Waals surface area contributed by atoms with Crippen LogP contribution in [0.4, 0.5) is 4.79 Å². The summed E-state index contributed by atoms with van der Waals surface area (Å²) in [4.78, 5) is 27.1. The van der Waals surface area contributed by atoms with Crippen molar-refractivity contribution < 1.29 is 14.3 Å². The van der Waals surface area contributed by atoms with E-state index in [4.69, 9.17) is 4.74 Å². The summed E-state index contributed by atoms with van der Waals surface area (Å²) in [5.41, 5.74) is -0.508. The van der Waals surface area contributed by atoms with E-state index in [0.717, 1.165) is 32.2 Å². The third-order valence-electron chi connectivity index (χ3n) is 5.69. The summed E-state index contributed by atoms with van der Waals surface area (Å²) in [5, 5.41) is 3.12. The van der Waals surface area contributed by atoms with Gasteiger partial charge in [-0.15, -0.1) is 0 Å². The number of hydrogen-bond donors (Lipinski definition) is 1. The fraction of sp³-hybridized carbons (Fsp3) is 0.917. The van der Waals surface area contributed by atoms with Crippen LogP contribution in [0.25, 0.3) is 0 Å². The van der Waals surface area contributed by atoms with Crippen LogP contribution in [0.5, 0.6) is 0 Å². The first kappa shape index (κ1) is 25.8. The standard InChI is InChI=1S/C24H46N2O3/c1-6-8-10-12-13-14-16-20-18-26(23(28)29-24(3,4)5)19-21(20)22(27)25-17-15-11-9-7-2/h20-21H,6-19H2,1-5H3,(H,25,27)/t20-,21-/m1/s1. The SMILES string of the molecule is CCCCCCCC[C@@H]1CN(C(=O)OC(C)(C)C)C[C@H]1C(=O)NCCCCCC. The van der Waals surface area contributed by atoms with Crippen molar-refractivity contribution in [2.24, 2.45) is 11.8 Å². The molecule has 1 heterocycles. The van der Waals surface area contributed by atoms with Crippen molar-refractivity contribution >= 4 is 12.0 Å². The monoisotopic (exact) mass is 410 g/mol. The number of nitrogens with zero attached hydrogens (tertiary/aromatic N) is 1. The van der Waals surface area contributed by atoms with Crippen molar-refractivity contribution in [1.29, 1.82) is 0 Å². The number of hydrogen-bond acceptors (Lipinski definition) is 3. The van der Waals surface area contributed by atoms with Gasteiger partial charge in [0.2, 0.25) is 5.91 Å². The van der Waals surface area contributed by atoms with E-state index in [2.05, 4.69) is 19.2 Å². The minimum atomic E-state index is -0.508. The fourth-order valence-electron chi connectivity index (χ4n) is 4.02. The van der Waals surface area contributed by atoms with Crippen LogP contribution in [0.1, 0.15) is 105 Å². The molecule has 170 valence electrons.